The zero-order valence-corrected chi connectivity index (χ0v) is 12.5. The molecule has 1 fully saturated rings. The fourth-order valence-electron chi connectivity index (χ4n) is 2.61. The van der Waals surface area contributed by atoms with E-state index >= 15 is 0 Å². The van der Waals surface area contributed by atoms with Crippen LogP contribution in [-0.4, -0.2) is 44.6 Å². The van der Waals surface area contributed by atoms with E-state index in [1.165, 1.54) is 0 Å². The zero-order valence-electron chi connectivity index (χ0n) is 12.5. The molecule has 0 radical (unpaired) electrons. The molecule has 0 unspecified atom stereocenters. The normalized spacial score (nSPS) is 26.1. The summed E-state index contributed by atoms with van der Waals surface area (Å²) in [5.74, 6) is 0.305. The van der Waals surface area contributed by atoms with Gasteiger partial charge in [-0.15, -0.1) is 0 Å². The quantitative estimate of drug-likeness (QED) is 0.819. The number of nitrogens with two attached hydrogens (primary N) is 1. The molecule has 1 aromatic rings. The molecule has 1 amide bonds. The second kappa shape index (κ2) is 5.01. The summed E-state index contributed by atoms with van der Waals surface area (Å²) in [7, 11) is 0. The topological polar surface area (TPSA) is 92.3 Å². The Hall–Kier alpha value is -1.69. The lowest BCUT2D eigenvalue weighted by Gasteiger charge is -2.21. The van der Waals surface area contributed by atoms with E-state index < -0.39 is 5.60 Å². The molecule has 2 heterocycles. The first kappa shape index (κ1) is 14.7. The summed E-state index contributed by atoms with van der Waals surface area (Å²) in [4.78, 5) is 22.3. The Bertz CT molecular complexity index is 519. The second-order valence-corrected chi connectivity index (χ2v) is 5.94. The molecule has 0 spiro atoms. The molecule has 6 nitrogen and oxygen atoms in total. The maximum Gasteiger partial charge on any atom is 0.227 e. The fraction of sp³-hybridized carbons (Fsp3) is 0.643. The number of carbonyl (C=O) groups excluding carboxylic acids is 1. The van der Waals surface area contributed by atoms with Gasteiger partial charge in [-0.3, -0.25) is 4.79 Å². The summed E-state index contributed by atoms with van der Waals surface area (Å²) in [6, 6.07) is 0. The highest BCUT2D eigenvalue weighted by Crippen LogP contribution is 2.27. The van der Waals surface area contributed by atoms with Crippen molar-refractivity contribution >= 4 is 11.9 Å². The van der Waals surface area contributed by atoms with Crippen LogP contribution in [0.1, 0.15) is 30.8 Å². The Kier molecular flexibility index (Phi) is 3.69. The summed E-state index contributed by atoms with van der Waals surface area (Å²) in [5.41, 5.74) is 7.08. The van der Waals surface area contributed by atoms with E-state index in [1.54, 1.807) is 11.8 Å². The lowest BCUT2D eigenvalue weighted by atomic mass is 9.95. The van der Waals surface area contributed by atoms with Crippen molar-refractivity contribution in [3.63, 3.8) is 0 Å². The fourth-order valence-corrected chi connectivity index (χ4v) is 2.61. The summed E-state index contributed by atoms with van der Waals surface area (Å²) < 4.78 is 0. The molecule has 1 aliphatic rings. The smallest absolute Gasteiger partial charge is 0.227 e. The van der Waals surface area contributed by atoms with Crippen LogP contribution in [0.4, 0.5) is 5.95 Å². The number of rotatable bonds is 2. The average molecular weight is 278 g/mol. The van der Waals surface area contributed by atoms with Gasteiger partial charge in [0, 0.05) is 36.0 Å². The number of nitrogens with zero attached hydrogens (tertiary/aromatic N) is 3. The molecule has 0 aliphatic carbocycles. The predicted molar refractivity (Wildman–Crippen MR) is 76.0 cm³/mol. The van der Waals surface area contributed by atoms with E-state index in [4.69, 9.17) is 5.73 Å². The largest absolute Gasteiger partial charge is 0.388 e. The lowest BCUT2D eigenvalue weighted by Crippen LogP contribution is -2.36. The molecule has 1 aliphatic heterocycles. The molecule has 0 saturated carbocycles. The van der Waals surface area contributed by atoms with Gasteiger partial charge < -0.3 is 15.7 Å². The second-order valence-electron chi connectivity index (χ2n) is 5.94. The van der Waals surface area contributed by atoms with Crippen molar-refractivity contribution in [2.24, 2.45) is 5.92 Å². The number of hydrogen-bond acceptors (Lipinski definition) is 5. The monoisotopic (exact) mass is 278 g/mol. The predicted octanol–water partition coefficient (Wildman–Crippen LogP) is 0.447. The number of amides is 1. The highest BCUT2D eigenvalue weighted by atomic mass is 16.3. The van der Waals surface area contributed by atoms with Crippen LogP contribution in [0.15, 0.2) is 0 Å². The summed E-state index contributed by atoms with van der Waals surface area (Å²) in [5, 5.41) is 10.2. The van der Waals surface area contributed by atoms with Gasteiger partial charge in [-0.25, -0.2) is 9.97 Å². The number of aliphatic hydroxyl groups is 1. The van der Waals surface area contributed by atoms with Gasteiger partial charge in [0.15, 0.2) is 0 Å². The Morgan fingerprint density at radius 1 is 1.45 bits per heavy atom. The number of anilines is 1. The maximum atomic E-state index is 12.4. The Balaban J connectivity index is 2.14. The molecule has 0 bridgehead atoms. The highest BCUT2D eigenvalue weighted by molar-refractivity contribution is 5.79. The molecule has 20 heavy (non-hydrogen) atoms. The molecule has 3 N–H and O–H groups in total. The third-order valence-corrected chi connectivity index (χ3v) is 4.19. The minimum Gasteiger partial charge on any atom is -0.388 e. The number of likely N-dealkylation sites (tertiary alicyclic amines) is 1. The van der Waals surface area contributed by atoms with E-state index in [0.29, 0.717) is 13.1 Å². The Labute approximate surface area is 119 Å². The lowest BCUT2D eigenvalue weighted by molar-refractivity contribution is -0.130. The average Bonchev–Trinajstić information content (AvgIpc) is 2.58. The molecule has 1 saturated heterocycles. The standard InChI is InChI=1S/C14H22N4O2/c1-8-6-18(7-14(8,4)20)12(19)5-11-9(2)16-13(15)17-10(11)3/h8,20H,5-7H2,1-4H3,(H2,15,16,17)/t8-,14+/m1/s1. The van der Waals surface area contributed by atoms with E-state index in [9.17, 15) is 9.90 Å². The van der Waals surface area contributed by atoms with E-state index in [1.807, 2.05) is 20.8 Å². The van der Waals surface area contributed by atoms with Crippen molar-refractivity contribution in [2.75, 3.05) is 18.8 Å². The number of carbonyl (C=O) groups is 1. The van der Waals surface area contributed by atoms with Crippen LogP contribution >= 0.6 is 0 Å². The van der Waals surface area contributed by atoms with Gasteiger partial charge in [-0.05, 0) is 20.8 Å². The van der Waals surface area contributed by atoms with Gasteiger partial charge in [-0.2, -0.15) is 0 Å². The number of aromatic nitrogens is 2. The molecular weight excluding hydrogens is 256 g/mol. The van der Waals surface area contributed by atoms with Crippen LogP contribution in [-0.2, 0) is 11.2 Å². The zero-order chi connectivity index (χ0) is 15.1. The molecule has 0 aromatic carbocycles. The number of β-amino-alcohol motifs (C(OH)–C–C–N with tert-alkyl or cyclic N) is 1. The van der Waals surface area contributed by atoms with Crippen LogP contribution in [0.5, 0.6) is 0 Å². The van der Waals surface area contributed by atoms with Gasteiger partial charge in [0.05, 0.1) is 12.0 Å². The maximum absolute atomic E-state index is 12.4. The van der Waals surface area contributed by atoms with Gasteiger partial charge in [0.2, 0.25) is 11.9 Å². The van der Waals surface area contributed by atoms with Crippen molar-refractivity contribution in [1.82, 2.24) is 14.9 Å². The Morgan fingerprint density at radius 3 is 2.45 bits per heavy atom. The van der Waals surface area contributed by atoms with Crippen molar-refractivity contribution in [2.45, 2.75) is 39.7 Å². The van der Waals surface area contributed by atoms with Crippen LogP contribution in [0.3, 0.4) is 0 Å². The first-order valence-corrected chi connectivity index (χ1v) is 6.80. The minimum absolute atomic E-state index is 0.00537. The summed E-state index contributed by atoms with van der Waals surface area (Å²) >= 11 is 0. The number of nitrogen functional groups attached to an aromatic ring is 1. The van der Waals surface area contributed by atoms with Gasteiger partial charge in [0.1, 0.15) is 0 Å². The molecule has 110 valence electrons. The molecule has 2 rings (SSSR count). The molecular formula is C14H22N4O2. The van der Waals surface area contributed by atoms with Crippen LogP contribution in [0.2, 0.25) is 0 Å². The van der Waals surface area contributed by atoms with Crippen LogP contribution in [0.25, 0.3) is 0 Å². The van der Waals surface area contributed by atoms with E-state index in [0.717, 1.165) is 17.0 Å². The van der Waals surface area contributed by atoms with Gasteiger partial charge in [0.25, 0.3) is 0 Å². The summed E-state index contributed by atoms with van der Waals surface area (Å²) in [6.07, 6.45) is 0.251. The third kappa shape index (κ3) is 2.75. The van der Waals surface area contributed by atoms with Crippen molar-refractivity contribution in [3.8, 4) is 0 Å². The summed E-state index contributed by atoms with van der Waals surface area (Å²) in [6.45, 7) is 8.34. The van der Waals surface area contributed by atoms with E-state index in [2.05, 4.69) is 9.97 Å². The van der Waals surface area contributed by atoms with Crippen molar-refractivity contribution in [1.29, 1.82) is 0 Å². The molecule has 6 heteroatoms. The number of aryl methyl sites for hydroxylation is 2. The third-order valence-electron chi connectivity index (χ3n) is 4.19. The highest BCUT2D eigenvalue weighted by Gasteiger charge is 2.40. The SMILES string of the molecule is Cc1nc(N)nc(C)c1CC(=O)N1C[C@@H](C)[C@@](C)(O)C1. The number of hydrogen-bond donors (Lipinski definition) is 2. The van der Waals surface area contributed by atoms with Crippen LogP contribution in [0, 0.1) is 19.8 Å². The van der Waals surface area contributed by atoms with Crippen molar-refractivity contribution < 1.29 is 9.90 Å². The van der Waals surface area contributed by atoms with E-state index in [-0.39, 0.29) is 24.2 Å². The molecule has 1 aromatic heterocycles. The minimum atomic E-state index is -0.808. The first-order chi connectivity index (χ1) is 9.20. The van der Waals surface area contributed by atoms with Gasteiger partial charge in [-0.1, -0.05) is 6.92 Å². The van der Waals surface area contributed by atoms with Crippen molar-refractivity contribution in [3.05, 3.63) is 17.0 Å². The molecule has 2 atom stereocenters. The van der Waals surface area contributed by atoms with Gasteiger partial charge >= 0.3 is 0 Å². The Morgan fingerprint density at radius 2 is 2.00 bits per heavy atom. The first-order valence-electron chi connectivity index (χ1n) is 6.80. The van der Waals surface area contributed by atoms with Crippen LogP contribution < -0.4 is 5.73 Å².